The molecule has 0 bridgehead atoms. The van der Waals surface area contributed by atoms with Crippen molar-refractivity contribution >= 4 is 22.4 Å². The molecule has 3 aromatic rings. The van der Waals surface area contributed by atoms with Gasteiger partial charge in [0.25, 0.3) is 0 Å². The Balaban J connectivity index is 1.71. The van der Waals surface area contributed by atoms with E-state index in [1.807, 2.05) is 18.2 Å². The average molecular weight is 295 g/mol. The number of benzene rings is 3. The number of fused-ring (bicyclic) bond motifs is 2. The van der Waals surface area contributed by atoms with Crippen LogP contribution in [-0.4, -0.2) is 6.10 Å². The van der Waals surface area contributed by atoms with Gasteiger partial charge in [-0.15, -0.1) is 11.6 Å². The van der Waals surface area contributed by atoms with Crippen LogP contribution in [0.4, 0.5) is 0 Å². The summed E-state index contributed by atoms with van der Waals surface area (Å²) >= 11 is 6.76. The monoisotopic (exact) mass is 294 g/mol. The fraction of sp³-hybridized carbons (Fsp3) is 0.158. The number of halogens is 1. The van der Waals surface area contributed by atoms with Crippen molar-refractivity contribution in [3.05, 3.63) is 77.9 Å². The average Bonchev–Trinajstić information content (AvgIpc) is 2.97. The predicted octanol–water partition coefficient (Wildman–Crippen LogP) is 5.12. The SMILES string of the molecule is ClC(c1cccc2ccccc12)C1Cc2ccccc2O1. The Morgan fingerprint density at radius 1 is 0.905 bits per heavy atom. The lowest BCUT2D eigenvalue weighted by Gasteiger charge is -2.19. The molecule has 0 aromatic heterocycles. The van der Waals surface area contributed by atoms with Gasteiger partial charge in [0.05, 0.1) is 5.38 Å². The second-order valence-electron chi connectivity index (χ2n) is 5.44. The second-order valence-corrected chi connectivity index (χ2v) is 5.91. The number of ether oxygens (including phenoxy) is 1. The highest BCUT2D eigenvalue weighted by Gasteiger charge is 2.30. The Labute approximate surface area is 129 Å². The molecule has 1 heterocycles. The predicted molar refractivity (Wildman–Crippen MR) is 87.1 cm³/mol. The lowest BCUT2D eigenvalue weighted by Crippen LogP contribution is -2.19. The molecular weight excluding hydrogens is 280 g/mol. The lowest BCUT2D eigenvalue weighted by molar-refractivity contribution is 0.228. The van der Waals surface area contributed by atoms with E-state index in [2.05, 4.69) is 48.5 Å². The summed E-state index contributed by atoms with van der Waals surface area (Å²) in [5.41, 5.74) is 2.39. The summed E-state index contributed by atoms with van der Waals surface area (Å²) in [4.78, 5) is 0. The van der Waals surface area contributed by atoms with Gasteiger partial charge in [-0.2, -0.15) is 0 Å². The maximum atomic E-state index is 6.76. The molecule has 0 fully saturated rings. The van der Waals surface area contributed by atoms with Gasteiger partial charge < -0.3 is 4.74 Å². The number of rotatable bonds is 2. The van der Waals surface area contributed by atoms with Crippen LogP contribution in [0.15, 0.2) is 66.7 Å². The van der Waals surface area contributed by atoms with Gasteiger partial charge in [0.15, 0.2) is 0 Å². The van der Waals surface area contributed by atoms with Crippen LogP contribution >= 0.6 is 11.6 Å². The molecule has 0 spiro atoms. The molecule has 1 aliphatic rings. The first-order chi connectivity index (χ1) is 10.3. The molecule has 104 valence electrons. The largest absolute Gasteiger partial charge is 0.488 e. The van der Waals surface area contributed by atoms with Gasteiger partial charge in [-0.05, 0) is 28.0 Å². The zero-order chi connectivity index (χ0) is 14.2. The standard InChI is InChI=1S/C19H15ClO/c20-19(18-12-14-7-2-4-11-17(14)21-18)16-10-5-8-13-6-1-3-9-15(13)16/h1-11,18-19H,12H2. The van der Waals surface area contributed by atoms with Crippen LogP contribution in [0.2, 0.25) is 0 Å². The normalized spacial score (nSPS) is 18.2. The molecule has 21 heavy (non-hydrogen) atoms. The molecular formula is C19H15ClO. The fourth-order valence-electron chi connectivity index (χ4n) is 3.06. The van der Waals surface area contributed by atoms with Crippen LogP contribution in [0, 0.1) is 0 Å². The maximum Gasteiger partial charge on any atom is 0.123 e. The molecule has 0 saturated carbocycles. The minimum atomic E-state index is -0.150. The van der Waals surface area contributed by atoms with E-state index in [0.29, 0.717) is 0 Å². The van der Waals surface area contributed by atoms with Crippen LogP contribution in [0.5, 0.6) is 5.75 Å². The van der Waals surface area contributed by atoms with Gasteiger partial charge in [-0.1, -0.05) is 60.7 Å². The zero-order valence-electron chi connectivity index (χ0n) is 11.5. The second kappa shape index (κ2) is 5.09. The van der Waals surface area contributed by atoms with Gasteiger partial charge in [-0.3, -0.25) is 0 Å². The van der Waals surface area contributed by atoms with E-state index in [1.165, 1.54) is 16.3 Å². The third kappa shape index (κ3) is 2.18. The number of hydrogen-bond acceptors (Lipinski definition) is 1. The van der Waals surface area contributed by atoms with E-state index >= 15 is 0 Å². The Kier molecular flexibility index (Phi) is 3.08. The smallest absolute Gasteiger partial charge is 0.123 e. The molecule has 1 nitrogen and oxygen atoms in total. The van der Waals surface area contributed by atoms with Gasteiger partial charge in [0.2, 0.25) is 0 Å². The van der Waals surface area contributed by atoms with Crippen molar-refractivity contribution in [2.75, 3.05) is 0 Å². The number of hydrogen-bond donors (Lipinski definition) is 0. The molecule has 2 heteroatoms. The van der Waals surface area contributed by atoms with Gasteiger partial charge in [-0.25, -0.2) is 0 Å². The van der Waals surface area contributed by atoms with Crippen molar-refractivity contribution < 1.29 is 4.74 Å². The molecule has 0 radical (unpaired) electrons. The van der Waals surface area contributed by atoms with Gasteiger partial charge in [0, 0.05) is 6.42 Å². The fourth-order valence-corrected chi connectivity index (χ4v) is 3.39. The molecule has 4 rings (SSSR count). The van der Waals surface area contributed by atoms with E-state index in [4.69, 9.17) is 16.3 Å². The van der Waals surface area contributed by atoms with Crippen molar-refractivity contribution in [3.63, 3.8) is 0 Å². The van der Waals surface area contributed by atoms with Crippen molar-refractivity contribution in [2.24, 2.45) is 0 Å². The summed E-state index contributed by atoms with van der Waals surface area (Å²) in [5, 5.41) is 2.28. The molecule has 0 aliphatic carbocycles. The molecule has 3 aromatic carbocycles. The lowest BCUT2D eigenvalue weighted by atomic mass is 9.97. The third-order valence-corrected chi connectivity index (χ3v) is 4.64. The summed E-state index contributed by atoms with van der Waals surface area (Å²) in [6.45, 7) is 0. The van der Waals surface area contributed by atoms with Crippen LogP contribution in [0.25, 0.3) is 10.8 Å². The number of alkyl halides is 1. The van der Waals surface area contributed by atoms with Crippen LogP contribution < -0.4 is 4.74 Å². The van der Waals surface area contributed by atoms with Crippen LogP contribution in [-0.2, 0) is 6.42 Å². The highest BCUT2D eigenvalue weighted by atomic mass is 35.5. The summed E-state index contributed by atoms with van der Waals surface area (Å²) in [6, 6.07) is 22.8. The van der Waals surface area contributed by atoms with Gasteiger partial charge >= 0.3 is 0 Å². The Morgan fingerprint density at radius 3 is 2.57 bits per heavy atom. The Hall–Kier alpha value is -1.99. The first-order valence-corrected chi connectivity index (χ1v) is 7.63. The number of para-hydroxylation sites is 1. The van der Waals surface area contributed by atoms with E-state index in [1.54, 1.807) is 0 Å². The molecule has 0 N–H and O–H groups in total. The van der Waals surface area contributed by atoms with Crippen molar-refractivity contribution in [1.82, 2.24) is 0 Å². The van der Waals surface area contributed by atoms with Crippen molar-refractivity contribution in [3.8, 4) is 5.75 Å². The van der Waals surface area contributed by atoms with Crippen LogP contribution in [0.1, 0.15) is 16.5 Å². The van der Waals surface area contributed by atoms with E-state index in [0.717, 1.165) is 17.7 Å². The minimum absolute atomic E-state index is 0.00475. The minimum Gasteiger partial charge on any atom is -0.488 e. The van der Waals surface area contributed by atoms with Gasteiger partial charge in [0.1, 0.15) is 11.9 Å². The molecule has 2 atom stereocenters. The Morgan fingerprint density at radius 2 is 1.67 bits per heavy atom. The molecule has 1 aliphatic heterocycles. The highest BCUT2D eigenvalue weighted by Crippen LogP contribution is 2.39. The quantitative estimate of drug-likeness (QED) is 0.596. The third-order valence-electron chi connectivity index (χ3n) is 4.12. The zero-order valence-corrected chi connectivity index (χ0v) is 12.3. The van der Waals surface area contributed by atoms with E-state index in [9.17, 15) is 0 Å². The maximum absolute atomic E-state index is 6.76. The van der Waals surface area contributed by atoms with Crippen LogP contribution in [0.3, 0.4) is 0 Å². The molecule has 2 unspecified atom stereocenters. The van der Waals surface area contributed by atoms with Crippen molar-refractivity contribution in [2.45, 2.75) is 17.9 Å². The summed E-state index contributed by atoms with van der Waals surface area (Å²) < 4.78 is 6.04. The molecule has 0 amide bonds. The van der Waals surface area contributed by atoms with E-state index < -0.39 is 0 Å². The summed E-state index contributed by atoms with van der Waals surface area (Å²) in [5.74, 6) is 0.966. The van der Waals surface area contributed by atoms with Crippen molar-refractivity contribution in [1.29, 1.82) is 0 Å². The topological polar surface area (TPSA) is 9.23 Å². The first-order valence-electron chi connectivity index (χ1n) is 7.19. The summed E-state index contributed by atoms with van der Waals surface area (Å²) in [6.07, 6.45) is 0.864. The Bertz CT molecular complexity index is 766. The summed E-state index contributed by atoms with van der Waals surface area (Å²) in [7, 11) is 0. The van der Waals surface area contributed by atoms with E-state index in [-0.39, 0.29) is 11.5 Å². The highest BCUT2D eigenvalue weighted by molar-refractivity contribution is 6.22. The molecule has 0 saturated heterocycles. The first kappa shape index (κ1) is 12.7.